The molecule has 0 aromatic carbocycles. The lowest BCUT2D eigenvalue weighted by molar-refractivity contribution is -0.302. The third kappa shape index (κ3) is 57.6. The molecule has 1 fully saturated rings. The Morgan fingerprint density at radius 1 is 0.407 bits per heavy atom. The molecule has 7 atom stereocenters. The highest BCUT2D eigenvalue weighted by molar-refractivity contribution is 5.76. The number of allylic oxidation sites excluding steroid dienone is 7. The molecule has 6 N–H and O–H groups in total. The van der Waals surface area contributed by atoms with Crippen molar-refractivity contribution in [1.82, 2.24) is 5.32 Å². The van der Waals surface area contributed by atoms with Crippen LogP contribution >= 0.6 is 0 Å². The Hall–Kier alpha value is -2.38. The van der Waals surface area contributed by atoms with Crippen molar-refractivity contribution in [3.63, 3.8) is 0 Å². The van der Waals surface area contributed by atoms with Gasteiger partial charge in [0.05, 0.1) is 32.0 Å². The van der Waals surface area contributed by atoms with Crippen molar-refractivity contribution >= 4 is 11.9 Å². The van der Waals surface area contributed by atoms with Crippen LogP contribution in [0.2, 0.25) is 0 Å². The van der Waals surface area contributed by atoms with Gasteiger partial charge < -0.3 is 45.1 Å². The zero-order valence-electron chi connectivity index (χ0n) is 59.6. The van der Waals surface area contributed by atoms with Crippen LogP contribution in [-0.2, 0) is 23.8 Å². The van der Waals surface area contributed by atoms with Gasteiger partial charge in [0.1, 0.15) is 24.4 Å². The predicted molar refractivity (Wildman–Crippen MR) is 384 cm³/mol. The van der Waals surface area contributed by atoms with Gasteiger partial charge in [-0.15, -0.1) is 0 Å². The third-order valence-electron chi connectivity index (χ3n) is 18.7. The standard InChI is InChI=1S/C80H149NO10/c1-3-5-7-9-11-13-14-15-41-45-48-52-56-60-64-68-76(85)89-69-65-61-57-53-49-46-43-40-38-36-34-32-30-28-26-24-22-20-18-16-17-19-21-23-25-27-29-31-33-35-37-39-42-44-47-51-55-59-63-67-75(84)81-72(73(83)66-62-58-54-50-12-10-8-6-4-2)71-90-80-79(88)78(87)77(86)74(70-82)91-80/h12,16-17,20,22,50,62,66,72-74,77-80,82-83,86-88H,3-11,13-15,18-19,21,23-49,51-61,63-65,67-71H2,1-2H3,(H,81,84)/b17-16-,22-20-,50-12+,66-62+. The summed E-state index contributed by atoms with van der Waals surface area (Å²) in [4.78, 5) is 25.1. The number of rotatable bonds is 70. The largest absolute Gasteiger partial charge is 0.466 e. The second-order valence-corrected chi connectivity index (χ2v) is 27.4. The molecule has 1 rings (SSSR count). The van der Waals surface area contributed by atoms with Crippen LogP contribution in [0.1, 0.15) is 386 Å². The maximum absolute atomic E-state index is 13.0. The van der Waals surface area contributed by atoms with Crippen molar-refractivity contribution in [2.45, 2.75) is 429 Å². The average molecular weight is 1290 g/mol. The van der Waals surface area contributed by atoms with E-state index in [1.54, 1.807) is 6.08 Å². The van der Waals surface area contributed by atoms with Crippen LogP contribution in [0.15, 0.2) is 48.6 Å². The van der Waals surface area contributed by atoms with E-state index in [2.05, 4.69) is 55.6 Å². The van der Waals surface area contributed by atoms with Crippen LogP contribution in [0.5, 0.6) is 0 Å². The van der Waals surface area contributed by atoms with Gasteiger partial charge in [0.25, 0.3) is 0 Å². The van der Waals surface area contributed by atoms with Crippen LogP contribution in [0.3, 0.4) is 0 Å². The van der Waals surface area contributed by atoms with Gasteiger partial charge in [-0.25, -0.2) is 0 Å². The lowest BCUT2D eigenvalue weighted by atomic mass is 9.99. The zero-order valence-corrected chi connectivity index (χ0v) is 59.6. The molecule has 91 heavy (non-hydrogen) atoms. The molecular formula is C80H149NO10. The van der Waals surface area contributed by atoms with Gasteiger partial charge in [-0.3, -0.25) is 9.59 Å². The number of esters is 1. The first-order valence-corrected chi connectivity index (χ1v) is 39.4. The van der Waals surface area contributed by atoms with E-state index in [4.69, 9.17) is 14.2 Å². The fourth-order valence-electron chi connectivity index (χ4n) is 12.5. The normalized spacial score (nSPS) is 17.8. The molecule has 0 aromatic rings. The van der Waals surface area contributed by atoms with Gasteiger partial charge in [-0.2, -0.15) is 0 Å². The number of carbonyl (C=O) groups is 2. The fraction of sp³-hybridized carbons (Fsp3) is 0.875. The Bertz CT molecular complexity index is 1650. The van der Waals surface area contributed by atoms with Gasteiger partial charge in [0.15, 0.2) is 6.29 Å². The molecule has 11 nitrogen and oxygen atoms in total. The highest BCUT2D eigenvalue weighted by atomic mass is 16.7. The second-order valence-electron chi connectivity index (χ2n) is 27.4. The number of hydrogen-bond donors (Lipinski definition) is 6. The summed E-state index contributed by atoms with van der Waals surface area (Å²) in [7, 11) is 0. The molecule has 534 valence electrons. The van der Waals surface area contributed by atoms with Crippen molar-refractivity contribution < 1.29 is 49.3 Å². The van der Waals surface area contributed by atoms with E-state index in [9.17, 15) is 35.1 Å². The molecule has 1 aliphatic rings. The SMILES string of the molecule is CCCCC/C=C/CC/C=C/C(O)C(COC1OC(CO)C(O)C(O)C1O)NC(=O)CCCCCCCCCCCCCCCCCCC/C=C\C/C=C\CCCCCCCCCCCCCCCCCOC(=O)CCCCCCCCCCCCCCCCC. The van der Waals surface area contributed by atoms with E-state index in [1.807, 2.05) is 6.08 Å². The molecule has 0 aliphatic carbocycles. The molecule has 0 spiro atoms. The Labute approximate surface area is 561 Å². The summed E-state index contributed by atoms with van der Waals surface area (Å²) < 4.78 is 16.7. The maximum Gasteiger partial charge on any atom is 0.305 e. The lowest BCUT2D eigenvalue weighted by Gasteiger charge is -2.40. The molecule has 0 aromatic heterocycles. The van der Waals surface area contributed by atoms with E-state index in [0.29, 0.717) is 19.4 Å². The Balaban J connectivity index is 1.86. The van der Waals surface area contributed by atoms with Gasteiger partial charge in [-0.1, -0.05) is 345 Å². The minimum absolute atomic E-state index is 0.0177. The molecule has 11 heteroatoms. The molecule has 0 saturated carbocycles. The molecular weight excluding hydrogens is 1130 g/mol. The second kappa shape index (κ2) is 69.0. The van der Waals surface area contributed by atoms with E-state index in [1.165, 1.54) is 302 Å². The van der Waals surface area contributed by atoms with Gasteiger partial charge in [0.2, 0.25) is 5.91 Å². The quantitative estimate of drug-likeness (QED) is 0.0195. The predicted octanol–water partition coefficient (Wildman–Crippen LogP) is 21.1. The Morgan fingerprint density at radius 2 is 0.747 bits per heavy atom. The first kappa shape index (κ1) is 86.6. The van der Waals surface area contributed by atoms with E-state index in [0.717, 1.165) is 57.8 Å². The van der Waals surface area contributed by atoms with Crippen molar-refractivity contribution in [3.05, 3.63) is 48.6 Å². The summed E-state index contributed by atoms with van der Waals surface area (Å²) in [6.45, 7) is 4.32. The molecule has 0 radical (unpaired) electrons. The first-order valence-electron chi connectivity index (χ1n) is 39.4. The smallest absolute Gasteiger partial charge is 0.305 e. The van der Waals surface area contributed by atoms with Gasteiger partial charge in [-0.05, 0) is 77.0 Å². The van der Waals surface area contributed by atoms with Crippen molar-refractivity contribution in [2.24, 2.45) is 0 Å². The highest BCUT2D eigenvalue weighted by Crippen LogP contribution is 2.24. The van der Waals surface area contributed by atoms with Crippen LogP contribution in [0.4, 0.5) is 0 Å². The van der Waals surface area contributed by atoms with E-state index in [-0.39, 0.29) is 18.5 Å². The van der Waals surface area contributed by atoms with Crippen LogP contribution in [0, 0.1) is 0 Å². The number of carbonyl (C=O) groups excluding carboxylic acids is 2. The highest BCUT2D eigenvalue weighted by Gasteiger charge is 2.44. The number of ether oxygens (including phenoxy) is 3. The van der Waals surface area contributed by atoms with E-state index >= 15 is 0 Å². The fourth-order valence-corrected chi connectivity index (χ4v) is 12.5. The molecule has 7 unspecified atom stereocenters. The molecule has 1 amide bonds. The molecule has 0 bridgehead atoms. The topological polar surface area (TPSA) is 175 Å². The molecule has 1 saturated heterocycles. The summed E-state index contributed by atoms with van der Waals surface area (Å²) in [5.41, 5.74) is 0. The summed E-state index contributed by atoms with van der Waals surface area (Å²) in [5.74, 6) is -0.172. The number of aliphatic hydroxyl groups is 5. The number of hydrogen-bond acceptors (Lipinski definition) is 10. The monoisotopic (exact) mass is 1280 g/mol. The first-order chi connectivity index (χ1) is 44.7. The average Bonchev–Trinajstić information content (AvgIpc) is 1.22. The molecule has 1 aliphatic heterocycles. The van der Waals surface area contributed by atoms with Crippen molar-refractivity contribution in [2.75, 3.05) is 19.8 Å². The number of unbranched alkanes of at least 4 members (excludes halogenated alkanes) is 50. The van der Waals surface area contributed by atoms with Crippen LogP contribution in [0.25, 0.3) is 0 Å². The summed E-state index contributed by atoms with van der Waals surface area (Å²) in [6.07, 6.45) is 81.7. The molecule has 1 heterocycles. The number of nitrogens with one attached hydrogen (secondary N) is 1. The Kier molecular flexibility index (Phi) is 65.7. The lowest BCUT2D eigenvalue weighted by Crippen LogP contribution is -2.60. The summed E-state index contributed by atoms with van der Waals surface area (Å²) in [5, 5.41) is 54.3. The number of aliphatic hydroxyl groups excluding tert-OH is 5. The zero-order chi connectivity index (χ0) is 65.8. The van der Waals surface area contributed by atoms with Crippen molar-refractivity contribution in [1.29, 1.82) is 0 Å². The van der Waals surface area contributed by atoms with Gasteiger partial charge in [0, 0.05) is 12.8 Å². The van der Waals surface area contributed by atoms with Crippen molar-refractivity contribution in [3.8, 4) is 0 Å². The maximum atomic E-state index is 13.0. The van der Waals surface area contributed by atoms with Gasteiger partial charge >= 0.3 is 5.97 Å². The third-order valence-corrected chi connectivity index (χ3v) is 18.7. The van der Waals surface area contributed by atoms with Crippen LogP contribution in [-0.4, -0.2) is 100 Å². The van der Waals surface area contributed by atoms with E-state index < -0.39 is 49.5 Å². The summed E-state index contributed by atoms with van der Waals surface area (Å²) in [6, 6.07) is -0.824. The Morgan fingerprint density at radius 3 is 1.18 bits per heavy atom. The minimum Gasteiger partial charge on any atom is -0.466 e. The summed E-state index contributed by atoms with van der Waals surface area (Å²) >= 11 is 0. The van der Waals surface area contributed by atoms with Crippen LogP contribution < -0.4 is 5.32 Å². The minimum atomic E-state index is -1.57. The number of amides is 1.